The fraction of sp³-hybridized carbons (Fsp3) is 0.286. The van der Waals surface area contributed by atoms with Gasteiger partial charge in [0.05, 0.1) is 12.2 Å². The average molecular weight is 191 g/mol. The van der Waals surface area contributed by atoms with Crippen LogP contribution in [-0.2, 0) is 6.54 Å². The van der Waals surface area contributed by atoms with Gasteiger partial charge in [-0.05, 0) is 12.1 Å². The molecule has 0 aromatic carbocycles. The average Bonchev–Trinajstić information content (AvgIpc) is 2.04. The van der Waals surface area contributed by atoms with Crippen LogP contribution in [0.15, 0.2) is 24.4 Å². The van der Waals surface area contributed by atoms with Gasteiger partial charge in [0.15, 0.2) is 0 Å². The molecule has 0 radical (unpaired) electrons. The molecule has 0 aliphatic rings. The number of hydrazine groups is 1. The highest BCUT2D eigenvalue weighted by Crippen LogP contribution is 2.18. The van der Waals surface area contributed by atoms with E-state index in [0.29, 0.717) is 0 Å². The Morgan fingerprint density at radius 3 is 2.54 bits per heavy atom. The van der Waals surface area contributed by atoms with Crippen molar-refractivity contribution in [3.63, 3.8) is 0 Å². The summed E-state index contributed by atoms with van der Waals surface area (Å²) < 4.78 is 35.7. The molecular formula is C7H8F3N3. The fourth-order valence-electron chi connectivity index (χ4n) is 0.756. The molecule has 1 aromatic heterocycles. The van der Waals surface area contributed by atoms with Crippen molar-refractivity contribution in [2.75, 3.05) is 0 Å². The Balaban J connectivity index is 2.61. The maximum atomic E-state index is 11.9. The summed E-state index contributed by atoms with van der Waals surface area (Å²) in [6.07, 6.45) is -3.10. The first-order chi connectivity index (χ1) is 6.00. The van der Waals surface area contributed by atoms with E-state index >= 15 is 0 Å². The lowest BCUT2D eigenvalue weighted by Crippen LogP contribution is -2.43. The number of hydrogen-bond acceptors (Lipinski definition) is 3. The normalized spacial score (nSPS) is 12.1. The van der Waals surface area contributed by atoms with Crippen LogP contribution in [0, 0.1) is 0 Å². The molecule has 0 spiro atoms. The van der Waals surface area contributed by atoms with Gasteiger partial charge < -0.3 is 0 Å². The topological polar surface area (TPSA) is 42.1 Å². The lowest BCUT2D eigenvalue weighted by molar-refractivity contribution is -0.251. The van der Waals surface area contributed by atoms with E-state index < -0.39 is 12.8 Å². The summed E-state index contributed by atoms with van der Waals surface area (Å²) in [7, 11) is 0. The molecular weight excluding hydrogens is 183 g/mol. The van der Waals surface area contributed by atoms with Crippen LogP contribution in [0.3, 0.4) is 0 Å². The third kappa shape index (κ3) is 3.00. The van der Waals surface area contributed by atoms with Gasteiger partial charge in [0.25, 0.3) is 0 Å². The Morgan fingerprint density at radius 1 is 1.38 bits per heavy atom. The van der Waals surface area contributed by atoms with Crippen LogP contribution in [0.25, 0.3) is 0 Å². The molecule has 6 heteroatoms. The molecule has 0 aliphatic heterocycles. The predicted molar refractivity (Wildman–Crippen MR) is 40.0 cm³/mol. The molecule has 0 unspecified atom stereocenters. The van der Waals surface area contributed by atoms with Crippen LogP contribution in [0.1, 0.15) is 5.69 Å². The summed E-state index contributed by atoms with van der Waals surface area (Å²) in [4.78, 5) is 3.71. The summed E-state index contributed by atoms with van der Waals surface area (Å²) in [5.74, 6) is 4.75. The molecule has 0 saturated carbocycles. The second-order valence-corrected chi connectivity index (χ2v) is 2.42. The first-order valence-electron chi connectivity index (χ1n) is 3.49. The smallest absolute Gasteiger partial charge is 0.261 e. The minimum absolute atomic E-state index is 0.213. The van der Waals surface area contributed by atoms with Crippen molar-refractivity contribution in [2.45, 2.75) is 12.8 Å². The quantitative estimate of drug-likeness (QED) is 0.435. The summed E-state index contributed by atoms with van der Waals surface area (Å²) in [6, 6.07) is 4.70. The predicted octanol–water partition coefficient (Wildman–Crippen LogP) is 1.28. The maximum Gasteiger partial charge on any atom is 0.473 e. The largest absolute Gasteiger partial charge is 0.473 e. The first-order valence-corrected chi connectivity index (χ1v) is 3.49. The van der Waals surface area contributed by atoms with E-state index in [9.17, 15) is 13.2 Å². The number of aromatic nitrogens is 1. The Labute approximate surface area is 72.9 Å². The SMILES string of the molecule is NN(Cc1ccccn1)C(F)(F)F. The first kappa shape index (κ1) is 9.94. The molecule has 2 N–H and O–H groups in total. The molecule has 0 saturated heterocycles. The molecule has 13 heavy (non-hydrogen) atoms. The van der Waals surface area contributed by atoms with Crippen LogP contribution >= 0.6 is 0 Å². The van der Waals surface area contributed by atoms with Gasteiger partial charge in [-0.2, -0.15) is 13.2 Å². The molecule has 3 nitrogen and oxygen atoms in total. The van der Waals surface area contributed by atoms with Gasteiger partial charge in [-0.15, -0.1) is 5.01 Å². The fourth-order valence-corrected chi connectivity index (χ4v) is 0.756. The van der Waals surface area contributed by atoms with Gasteiger partial charge in [0.1, 0.15) is 0 Å². The van der Waals surface area contributed by atoms with Crippen molar-refractivity contribution in [3.8, 4) is 0 Å². The van der Waals surface area contributed by atoms with Crippen molar-refractivity contribution in [3.05, 3.63) is 30.1 Å². The number of nitrogens with two attached hydrogens (primary N) is 1. The van der Waals surface area contributed by atoms with Crippen molar-refractivity contribution in [1.29, 1.82) is 0 Å². The molecule has 0 aliphatic carbocycles. The molecule has 0 atom stereocenters. The molecule has 0 amide bonds. The highest BCUT2D eigenvalue weighted by molar-refractivity contribution is 5.02. The Bertz CT molecular complexity index is 259. The van der Waals surface area contributed by atoms with Gasteiger partial charge >= 0.3 is 6.30 Å². The van der Waals surface area contributed by atoms with Gasteiger partial charge in [-0.25, -0.2) is 0 Å². The molecule has 1 heterocycles. The summed E-state index contributed by atoms with van der Waals surface area (Å²) in [6.45, 7) is -0.440. The molecule has 0 bridgehead atoms. The lowest BCUT2D eigenvalue weighted by Gasteiger charge is -2.18. The number of alkyl halides is 3. The third-order valence-corrected chi connectivity index (χ3v) is 1.38. The number of pyridine rings is 1. The Morgan fingerprint density at radius 2 is 2.08 bits per heavy atom. The Hall–Kier alpha value is -1.14. The van der Waals surface area contributed by atoms with Gasteiger partial charge in [-0.1, -0.05) is 6.07 Å². The Kier molecular flexibility index (Phi) is 2.84. The number of halogens is 3. The molecule has 72 valence electrons. The summed E-state index contributed by atoms with van der Waals surface area (Å²) in [5.41, 5.74) is 0.280. The minimum Gasteiger partial charge on any atom is -0.261 e. The van der Waals surface area contributed by atoms with E-state index in [1.807, 2.05) is 0 Å². The van der Waals surface area contributed by atoms with Gasteiger partial charge in [0, 0.05) is 6.20 Å². The van der Waals surface area contributed by atoms with Gasteiger partial charge in [-0.3, -0.25) is 10.8 Å². The van der Waals surface area contributed by atoms with Crippen molar-refractivity contribution in [2.24, 2.45) is 5.84 Å². The zero-order chi connectivity index (χ0) is 9.90. The molecule has 0 fully saturated rings. The molecule has 1 aromatic rings. The highest BCUT2D eigenvalue weighted by atomic mass is 19.4. The van der Waals surface area contributed by atoms with Crippen LogP contribution < -0.4 is 5.84 Å². The number of hydrogen-bond donors (Lipinski definition) is 1. The minimum atomic E-state index is -4.52. The van der Waals surface area contributed by atoms with E-state index in [4.69, 9.17) is 5.84 Å². The zero-order valence-electron chi connectivity index (χ0n) is 6.62. The van der Waals surface area contributed by atoms with E-state index in [0.717, 1.165) is 0 Å². The van der Waals surface area contributed by atoms with Crippen molar-refractivity contribution in [1.82, 2.24) is 9.99 Å². The summed E-state index contributed by atoms with van der Waals surface area (Å²) >= 11 is 0. The number of nitrogens with zero attached hydrogens (tertiary/aromatic N) is 2. The van der Waals surface area contributed by atoms with Crippen molar-refractivity contribution < 1.29 is 13.2 Å². The monoisotopic (exact) mass is 191 g/mol. The van der Waals surface area contributed by atoms with Crippen LogP contribution in [0.5, 0.6) is 0 Å². The van der Waals surface area contributed by atoms with E-state index in [1.165, 1.54) is 12.3 Å². The highest BCUT2D eigenvalue weighted by Gasteiger charge is 2.34. The van der Waals surface area contributed by atoms with Crippen LogP contribution in [-0.4, -0.2) is 16.3 Å². The van der Waals surface area contributed by atoms with E-state index in [1.54, 1.807) is 12.1 Å². The maximum absolute atomic E-state index is 11.9. The van der Waals surface area contributed by atoms with Crippen LogP contribution in [0.4, 0.5) is 13.2 Å². The standard InChI is InChI=1S/C7H8F3N3/c8-7(9,10)13(11)5-6-3-1-2-4-12-6/h1-4H,5,11H2. The number of rotatable bonds is 2. The second kappa shape index (κ2) is 3.71. The summed E-state index contributed by atoms with van der Waals surface area (Å²) in [5, 5.41) is -0.213. The third-order valence-electron chi connectivity index (χ3n) is 1.38. The van der Waals surface area contributed by atoms with Crippen molar-refractivity contribution >= 4 is 0 Å². The lowest BCUT2D eigenvalue weighted by atomic mass is 10.3. The van der Waals surface area contributed by atoms with Gasteiger partial charge in [0.2, 0.25) is 0 Å². The zero-order valence-corrected chi connectivity index (χ0v) is 6.62. The second-order valence-electron chi connectivity index (χ2n) is 2.42. The van der Waals surface area contributed by atoms with E-state index in [-0.39, 0.29) is 10.7 Å². The molecule has 1 rings (SSSR count). The van der Waals surface area contributed by atoms with E-state index in [2.05, 4.69) is 4.98 Å². The van der Waals surface area contributed by atoms with Crippen LogP contribution in [0.2, 0.25) is 0 Å².